The first kappa shape index (κ1) is 12.2. The fourth-order valence-corrected chi connectivity index (χ4v) is 1.88. The molecule has 0 bridgehead atoms. The predicted octanol–water partition coefficient (Wildman–Crippen LogP) is 1.89. The number of benzene rings is 1. The first-order valence-corrected chi connectivity index (χ1v) is 5.56. The number of aliphatic hydroxyl groups is 2. The number of ketones is 1. The van der Waals surface area contributed by atoms with E-state index >= 15 is 0 Å². The molecule has 0 unspecified atom stereocenters. The van der Waals surface area contributed by atoms with Crippen molar-refractivity contribution in [3.05, 3.63) is 29.8 Å². The van der Waals surface area contributed by atoms with Gasteiger partial charge in [-0.05, 0) is 6.07 Å². The Balaban J connectivity index is 3.01. The van der Waals surface area contributed by atoms with E-state index in [2.05, 4.69) is 0 Å². The summed E-state index contributed by atoms with van der Waals surface area (Å²) in [6, 6.07) is 6.94. The average Bonchev–Trinajstić information content (AvgIpc) is 2.16. The molecular formula is C11H14O3S. The monoisotopic (exact) mass is 226 g/mol. The lowest BCUT2D eigenvalue weighted by Crippen LogP contribution is -2.09. The predicted molar refractivity (Wildman–Crippen MR) is 59.7 cm³/mol. The summed E-state index contributed by atoms with van der Waals surface area (Å²) >= 11 is 0.861. The number of aliphatic hydroxyl groups excluding tert-OH is 1. The highest BCUT2D eigenvalue weighted by Gasteiger charge is 2.15. The first-order valence-electron chi connectivity index (χ1n) is 4.68. The SMILES string of the molecule is CC(C)C(=O)c1ccccc1SC(O)O. The van der Waals surface area contributed by atoms with Crippen LogP contribution < -0.4 is 0 Å². The van der Waals surface area contributed by atoms with Crippen molar-refractivity contribution >= 4 is 17.5 Å². The Morgan fingerprint density at radius 2 is 1.87 bits per heavy atom. The quantitative estimate of drug-likeness (QED) is 0.467. The van der Waals surface area contributed by atoms with Gasteiger partial charge in [-0.2, -0.15) is 0 Å². The Morgan fingerprint density at radius 1 is 1.27 bits per heavy atom. The molecule has 15 heavy (non-hydrogen) atoms. The summed E-state index contributed by atoms with van der Waals surface area (Å²) in [6.07, 6.45) is 0. The molecule has 0 saturated carbocycles. The second-order valence-corrected chi connectivity index (χ2v) is 4.56. The Hall–Kier alpha value is -0.840. The van der Waals surface area contributed by atoms with Crippen molar-refractivity contribution in [2.24, 2.45) is 5.92 Å². The molecule has 0 saturated heterocycles. The first-order chi connectivity index (χ1) is 7.02. The van der Waals surface area contributed by atoms with Gasteiger partial charge in [0.25, 0.3) is 0 Å². The number of thioether (sulfide) groups is 1. The largest absolute Gasteiger partial charge is 0.359 e. The summed E-state index contributed by atoms with van der Waals surface area (Å²) in [4.78, 5) is 12.4. The third kappa shape index (κ3) is 3.34. The highest BCUT2D eigenvalue weighted by Crippen LogP contribution is 2.26. The average molecular weight is 226 g/mol. The van der Waals surface area contributed by atoms with Gasteiger partial charge >= 0.3 is 0 Å². The van der Waals surface area contributed by atoms with Gasteiger partial charge in [0.2, 0.25) is 5.62 Å². The van der Waals surface area contributed by atoms with Gasteiger partial charge in [0.05, 0.1) is 0 Å². The van der Waals surface area contributed by atoms with E-state index in [4.69, 9.17) is 10.2 Å². The van der Waals surface area contributed by atoms with Crippen LogP contribution in [-0.2, 0) is 0 Å². The number of hydrogen-bond donors (Lipinski definition) is 2. The maximum Gasteiger partial charge on any atom is 0.206 e. The van der Waals surface area contributed by atoms with Crippen LogP contribution in [0.5, 0.6) is 0 Å². The molecule has 0 aliphatic heterocycles. The Labute approximate surface area is 93.1 Å². The zero-order chi connectivity index (χ0) is 11.4. The van der Waals surface area contributed by atoms with E-state index in [0.29, 0.717) is 10.5 Å². The van der Waals surface area contributed by atoms with Gasteiger partial charge in [0.15, 0.2) is 5.78 Å². The normalized spacial score (nSPS) is 11.1. The smallest absolute Gasteiger partial charge is 0.206 e. The Kier molecular flexibility index (Phi) is 4.32. The molecule has 0 aliphatic carbocycles. The molecule has 0 fully saturated rings. The van der Waals surface area contributed by atoms with Crippen LogP contribution in [0, 0.1) is 5.92 Å². The van der Waals surface area contributed by atoms with Crippen molar-refractivity contribution < 1.29 is 15.0 Å². The Bertz CT molecular complexity index is 347. The Morgan fingerprint density at radius 3 is 2.40 bits per heavy atom. The van der Waals surface area contributed by atoms with E-state index in [1.54, 1.807) is 24.3 Å². The molecule has 1 aromatic rings. The van der Waals surface area contributed by atoms with Gasteiger partial charge in [-0.3, -0.25) is 4.79 Å². The molecule has 3 nitrogen and oxygen atoms in total. The van der Waals surface area contributed by atoms with E-state index in [-0.39, 0.29) is 11.7 Å². The van der Waals surface area contributed by atoms with Gasteiger partial charge < -0.3 is 10.2 Å². The topological polar surface area (TPSA) is 57.5 Å². The van der Waals surface area contributed by atoms with Crippen LogP contribution in [-0.4, -0.2) is 21.6 Å². The van der Waals surface area contributed by atoms with E-state index in [1.807, 2.05) is 13.8 Å². The summed E-state index contributed by atoms with van der Waals surface area (Å²) < 4.78 is 0. The minimum atomic E-state index is -1.49. The summed E-state index contributed by atoms with van der Waals surface area (Å²) in [5.41, 5.74) is -0.947. The standard InChI is InChI=1S/C11H14O3S/c1-7(2)10(12)8-5-3-4-6-9(8)15-11(13)14/h3-7,11,13-14H,1-2H3. The molecule has 1 rings (SSSR count). The van der Waals surface area contributed by atoms with E-state index in [9.17, 15) is 4.79 Å². The molecule has 0 radical (unpaired) electrons. The lowest BCUT2D eigenvalue weighted by molar-refractivity contribution is 0.0405. The molecule has 2 N–H and O–H groups in total. The maximum absolute atomic E-state index is 11.8. The van der Waals surface area contributed by atoms with Gasteiger partial charge in [-0.1, -0.05) is 43.8 Å². The third-order valence-electron chi connectivity index (χ3n) is 1.91. The lowest BCUT2D eigenvalue weighted by Gasteiger charge is -2.10. The summed E-state index contributed by atoms with van der Waals surface area (Å²) in [5.74, 6) is -0.0821. The molecule has 0 aliphatic rings. The van der Waals surface area contributed by atoms with Crippen molar-refractivity contribution in [1.29, 1.82) is 0 Å². The van der Waals surface area contributed by atoms with Crippen LogP contribution in [0.15, 0.2) is 29.2 Å². The van der Waals surface area contributed by atoms with Crippen molar-refractivity contribution in [1.82, 2.24) is 0 Å². The molecule has 82 valence electrons. The summed E-state index contributed by atoms with van der Waals surface area (Å²) in [5, 5.41) is 17.7. The zero-order valence-corrected chi connectivity index (χ0v) is 9.49. The fourth-order valence-electron chi connectivity index (χ4n) is 1.20. The number of carbonyl (C=O) groups is 1. The van der Waals surface area contributed by atoms with Crippen LogP contribution in [0.4, 0.5) is 0 Å². The fraction of sp³-hybridized carbons (Fsp3) is 0.364. The maximum atomic E-state index is 11.8. The number of carbonyl (C=O) groups excluding carboxylic acids is 1. The highest BCUT2D eigenvalue weighted by atomic mass is 32.2. The zero-order valence-electron chi connectivity index (χ0n) is 8.68. The van der Waals surface area contributed by atoms with E-state index in [1.165, 1.54) is 0 Å². The molecule has 0 heterocycles. The number of Topliss-reactive ketones (excluding diaryl/α,β-unsaturated/α-hetero) is 1. The van der Waals surface area contributed by atoms with E-state index < -0.39 is 5.62 Å². The molecule has 4 heteroatoms. The van der Waals surface area contributed by atoms with Crippen LogP contribution in [0.3, 0.4) is 0 Å². The summed E-state index contributed by atoms with van der Waals surface area (Å²) in [7, 11) is 0. The minimum Gasteiger partial charge on any atom is -0.359 e. The van der Waals surface area contributed by atoms with Gasteiger partial charge in [-0.15, -0.1) is 0 Å². The van der Waals surface area contributed by atoms with Gasteiger partial charge in [-0.25, -0.2) is 0 Å². The van der Waals surface area contributed by atoms with E-state index in [0.717, 1.165) is 11.8 Å². The van der Waals surface area contributed by atoms with Crippen molar-refractivity contribution in [3.63, 3.8) is 0 Å². The second kappa shape index (κ2) is 5.30. The molecule has 0 atom stereocenters. The molecule has 0 spiro atoms. The third-order valence-corrected chi connectivity index (χ3v) is 2.73. The second-order valence-electron chi connectivity index (χ2n) is 3.46. The number of hydrogen-bond acceptors (Lipinski definition) is 4. The van der Waals surface area contributed by atoms with Gasteiger partial charge in [0.1, 0.15) is 0 Å². The van der Waals surface area contributed by atoms with Crippen LogP contribution >= 0.6 is 11.8 Å². The van der Waals surface area contributed by atoms with Crippen LogP contribution in [0.1, 0.15) is 24.2 Å². The molecule has 1 aromatic carbocycles. The molecule has 0 aromatic heterocycles. The lowest BCUT2D eigenvalue weighted by atomic mass is 10.0. The van der Waals surface area contributed by atoms with Crippen molar-refractivity contribution in [3.8, 4) is 0 Å². The van der Waals surface area contributed by atoms with Crippen LogP contribution in [0.2, 0.25) is 0 Å². The van der Waals surface area contributed by atoms with Crippen molar-refractivity contribution in [2.75, 3.05) is 0 Å². The number of rotatable bonds is 4. The molecular weight excluding hydrogens is 212 g/mol. The minimum absolute atomic E-state index is 0.0127. The highest BCUT2D eigenvalue weighted by molar-refractivity contribution is 7.99. The molecule has 0 amide bonds. The van der Waals surface area contributed by atoms with Gasteiger partial charge in [0, 0.05) is 16.4 Å². The van der Waals surface area contributed by atoms with Crippen LogP contribution in [0.25, 0.3) is 0 Å². The summed E-state index contributed by atoms with van der Waals surface area (Å²) in [6.45, 7) is 3.64. The van der Waals surface area contributed by atoms with Crippen molar-refractivity contribution in [2.45, 2.75) is 24.4 Å².